The van der Waals surface area contributed by atoms with Gasteiger partial charge < -0.3 is 59.2 Å². The molecule has 0 aromatic rings. The number of carboxylic acid groups (broad SMARTS) is 1. The third kappa shape index (κ3) is 5.52. The first-order valence-electron chi connectivity index (χ1n) is 9.57. The molecule has 12 nitrogen and oxygen atoms in total. The molecule has 12 heteroatoms. The lowest BCUT2D eigenvalue weighted by Gasteiger charge is -2.46. The number of carboxylic acids is 1. The number of aliphatic hydroxyl groups is 5. The van der Waals surface area contributed by atoms with Gasteiger partial charge in [0.1, 0.15) is 36.3 Å². The molecule has 0 spiro atoms. The minimum Gasteiger partial charge on any atom is -0.547 e. The first-order chi connectivity index (χ1) is 14.1. The second kappa shape index (κ2) is 10.9. The van der Waals surface area contributed by atoms with E-state index in [1.807, 2.05) is 0 Å². The van der Waals surface area contributed by atoms with E-state index < -0.39 is 73.4 Å². The van der Waals surface area contributed by atoms with Gasteiger partial charge in [0.15, 0.2) is 6.29 Å². The number of hydrogen-bond donors (Lipinski definition) is 5. The molecule has 2 aliphatic heterocycles. The Morgan fingerprint density at radius 3 is 2.13 bits per heavy atom. The van der Waals surface area contributed by atoms with Gasteiger partial charge in [0.2, 0.25) is 0 Å². The van der Waals surface area contributed by atoms with Crippen LogP contribution in [0.4, 0.5) is 0 Å². The Morgan fingerprint density at radius 1 is 0.933 bits per heavy atom. The molecule has 0 aliphatic carbocycles. The molecule has 174 valence electrons. The number of ketones is 1. The molecule has 30 heavy (non-hydrogen) atoms. The van der Waals surface area contributed by atoms with Crippen LogP contribution in [-0.2, 0) is 28.5 Å². The summed E-state index contributed by atoms with van der Waals surface area (Å²) in [5.74, 6) is -3.34. The largest absolute Gasteiger partial charge is 0.547 e. The van der Waals surface area contributed by atoms with Crippen LogP contribution >= 0.6 is 0 Å². The average Bonchev–Trinajstić information content (AvgIpc) is 2.68. The van der Waals surface area contributed by atoms with Crippen molar-refractivity contribution < 1.29 is 59.2 Å². The Morgan fingerprint density at radius 2 is 1.60 bits per heavy atom. The van der Waals surface area contributed by atoms with Crippen molar-refractivity contribution >= 4 is 11.8 Å². The maximum absolute atomic E-state index is 11.8. The monoisotopic (exact) mass is 437 g/mol. The summed E-state index contributed by atoms with van der Waals surface area (Å²) in [5, 5.41) is 60.9. The molecular weight excluding hydrogens is 408 g/mol. The molecule has 2 aliphatic rings. The van der Waals surface area contributed by atoms with Crippen molar-refractivity contribution in [3.05, 3.63) is 0 Å². The first kappa shape index (κ1) is 25.0. The van der Waals surface area contributed by atoms with E-state index in [0.717, 1.165) is 0 Å². The number of hydrogen-bond acceptors (Lipinski definition) is 12. The van der Waals surface area contributed by atoms with E-state index in [-0.39, 0.29) is 25.4 Å². The molecule has 0 amide bonds. The van der Waals surface area contributed by atoms with Crippen molar-refractivity contribution in [3.63, 3.8) is 0 Å². The van der Waals surface area contributed by atoms with Gasteiger partial charge in [-0.3, -0.25) is 0 Å². The number of aliphatic hydroxyl groups excluding tert-OH is 5. The van der Waals surface area contributed by atoms with Crippen molar-refractivity contribution in [1.82, 2.24) is 0 Å². The Hall–Kier alpha value is -1.22. The summed E-state index contributed by atoms with van der Waals surface area (Å²) in [7, 11) is 1.43. The SMILES string of the molecule is COC[C@@H]1OC(CO)[C@@H](O)[C@@H](CO[C@@H]2OC(C(=O)[O-])[C@@H](O)[C@@H](O)C2O)C1CC(C)=O. The summed E-state index contributed by atoms with van der Waals surface area (Å²) in [6.45, 7) is 0.606. The van der Waals surface area contributed by atoms with E-state index in [1.54, 1.807) is 0 Å². The highest BCUT2D eigenvalue weighted by Gasteiger charge is 2.48. The van der Waals surface area contributed by atoms with Crippen LogP contribution in [-0.4, -0.2) is 113 Å². The molecule has 2 fully saturated rings. The second-order valence-electron chi connectivity index (χ2n) is 7.62. The average molecular weight is 437 g/mol. The van der Waals surface area contributed by atoms with Crippen LogP contribution in [0.25, 0.3) is 0 Å². The number of carbonyl (C=O) groups is 2. The number of methoxy groups -OCH3 is 1. The van der Waals surface area contributed by atoms with Crippen molar-refractivity contribution in [3.8, 4) is 0 Å². The van der Waals surface area contributed by atoms with Gasteiger partial charge in [0, 0.05) is 25.4 Å². The molecule has 4 unspecified atom stereocenters. The minimum atomic E-state index is -1.94. The summed E-state index contributed by atoms with van der Waals surface area (Å²) in [4.78, 5) is 22.9. The quantitative estimate of drug-likeness (QED) is 0.232. The van der Waals surface area contributed by atoms with E-state index in [2.05, 4.69) is 0 Å². The van der Waals surface area contributed by atoms with Gasteiger partial charge in [0.05, 0.1) is 38.0 Å². The summed E-state index contributed by atoms with van der Waals surface area (Å²) < 4.78 is 21.2. The van der Waals surface area contributed by atoms with Gasteiger partial charge in [-0.15, -0.1) is 0 Å². The third-order valence-electron chi connectivity index (χ3n) is 5.49. The van der Waals surface area contributed by atoms with Gasteiger partial charge >= 0.3 is 0 Å². The zero-order chi connectivity index (χ0) is 22.6. The number of ether oxygens (including phenoxy) is 4. The van der Waals surface area contributed by atoms with Gasteiger partial charge in [0.25, 0.3) is 0 Å². The van der Waals surface area contributed by atoms with E-state index in [1.165, 1.54) is 14.0 Å². The molecule has 2 rings (SSSR count). The number of rotatable bonds is 9. The smallest absolute Gasteiger partial charge is 0.186 e. The maximum atomic E-state index is 11.8. The second-order valence-corrected chi connectivity index (χ2v) is 7.62. The molecule has 0 aromatic heterocycles. The fraction of sp³-hybridized carbons (Fsp3) is 0.889. The summed E-state index contributed by atoms with van der Waals surface area (Å²) >= 11 is 0. The molecule has 0 radical (unpaired) electrons. The van der Waals surface area contributed by atoms with Crippen LogP contribution in [0.5, 0.6) is 0 Å². The fourth-order valence-corrected chi connectivity index (χ4v) is 3.91. The van der Waals surface area contributed by atoms with Gasteiger partial charge in [-0.25, -0.2) is 0 Å². The van der Waals surface area contributed by atoms with E-state index in [4.69, 9.17) is 18.9 Å². The molecule has 2 saturated heterocycles. The lowest BCUT2D eigenvalue weighted by atomic mass is 9.77. The summed E-state index contributed by atoms with van der Waals surface area (Å²) in [6, 6.07) is 0. The molecule has 2 heterocycles. The molecule has 0 aromatic carbocycles. The van der Waals surface area contributed by atoms with Crippen LogP contribution in [0.15, 0.2) is 0 Å². The van der Waals surface area contributed by atoms with Gasteiger partial charge in [-0.1, -0.05) is 0 Å². The Labute approximate surface area is 172 Å². The van der Waals surface area contributed by atoms with Crippen molar-refractivity contribution in [2.45, 2.75) is 62.4 Å². The molecule has 0 bridgehead atoms. The van der Waals surface area contributed by atoms with Crippen LogP contribution in [0, 0.1) is 11.8 Å². The standard InChI is InChI=1S/C18H30O12/c1-7(20)3-8-9(12(21)10(4-19)29-11(8)6-27-2)5-28-18-15(24)13(22)14(23)16(30-18)17(25)26/h8-16,18-19,21-24H,3-6H2,1-2H3,(H,25,26)/p-1/t8?,9-,10?,11-,12-,13+,14-,15?,16?,18+/m0/s1. The van der Waals surface area contributed by atoms with E-state index >= 15 is 0 Å². The van der Waals surface area contributed by atoms with Crippen molar-refractivity contribution in [2.24, 2.45) is 11.8 Å². The normalized spacial score (nSPS) is 42.1. The van der Waals surface area contributed by atoms with Gasteiger partial charge in [-0.05, 0) is 6.92 Å². The highest BCUT2D eigenvalue weighted by molar-refractivity contribution is 5.75. The van der Waals surface area contributed by atoms with Crippen LogP contribution in [0.2, 0.25) is 0 Å². The van der Waals surface area contributed by atoms with E-state index in [0.29, 0.717) is 0 Å². The van der Waals surface area contributed by atoms with E-state index in [9.17, 15) is 40.2 Å². The Balaban J connectivity index is 2.18. The van der Waals surface area contributed by atoms with Crippen LogP contribution in [0.3, 0.4) is 0 Å². The topological polar surface area (TPSA) is 195 Å². The van der Waals surface area contributed by atoms with Crippen LogP contribution in [0.1, 0.15) is 13.3 Å². The summed E-state index contributed by atoms with van der Waals surface area (Å²) in [5.41, 5.74) is 0. The maximum Gasteiger partial charge on any atom is 0.186 e. The Kier molecular flexibility index (Phi) is 9.09. The molecule has 5 N–H and O–H groups in total. The van der Waals surface area contributed by atoms with Crippen LogP contribution < -0.4 is 5.11 Å². The van der Waals surface area contributed by atoms with Gasteiger partial charge in [-0.2, -0.15) is 0 Å². The zero-order valence-corrected chi connectivity index (χ0v) is 16.7. The zero-order valence-electron chi connectivity index (χ0n) is 16.7. The van der Waals surface area contributed by atoms with Crippen molar-refractivity contribution in [2.75, 3.05) is 26.9 Å². The predicted molar refractivity (Wildman–Crippen MR) is 93.5 cm³/mol. The minimum absolute atomic E-state index is 0.00828. The molecule has 0 saturated carbocycles. The lowest BCUT2D eigenvalue weighted by molar-refractivity contribution is -0.351. The molecular formula is C18H29O12-. The fourth-order valence-electron chi connectivity index (χ4n) is 3.91. The summed E-state index contributed by atoms with van der Waals surface area (Å²) in [6.07, 6.45) is -12.0. The highest BCUT2D eigenvalue weighted by atomic mass is 16.7. The first-order valence-corrected chi connectivity index (χ1v) is 9.57. The number of carbonyl (C=O) groups excluding carboxylic acids is 2. The number of Topliss-reactive ketones (excluding diaryl/α,β-unsaturated/α-hetero) is 1. The molecule has 10 atom stereocenters. The lowest BCUT2D eigenvalue weighted by Crippen LogP contribution is -2.63. The predicted octanol–water partition coefficient (Wildman–Crippen LogP) is -4.46. The Bertz CT molecular complexity index is 586. The number of aliphatic carboxylic acids is 1. The highest BCUT2D eigenvalue weighted by Crippen LogP contribution is 2.35. The third-order valence-corrected chi connectivity index (χ3v) is 5.49. The van der Waals surface area contributed by atoms with Crippen molar-refractivity contribution in [1.29, 1.82) is 0 Å².